The van der Waals surface area contributed by atoms with Crippen molar-refractivity contribution in [2.45, 2.75) is 56.2 Å². The number of anilines is 2. The fourth-order valence-electron chi connectivity index (χ4n) is 4.93. The average Bonchev–Trinajstić information content (AvgIpc) is 3.50. The van der Waals surface area contributed by atoms with Gasteiger partial charge in [0.25, 0.3) is 0 Å². The van der Waals surface area contributed by atoms with Crippen LogP contribution in [0, 0.1) is 11.7 Å². The molecular weight excluding hydrogens is 509 g/mol. The molecule has 0 spiro atoms. The zero-order valence-corrected chi connectivity index (χ0v) is 18.9. The second-order valence-electron chi connectivity index (χ2n) is 9.45. The molecule has 3 aromatic heterocycles. The van der Waals surface area contributed by atoms with Crippen LogP contribution in [0.3, 0.4) is 0 Å². The molecule has 16 heteroatoms. The van der Waals surface area contributed by atoms with Crippen molar-refractivity contribution in [3.8, 4) is 0 Å². The fraction of sp³-hybridized carbons (Fsp3) is 0.524. The minimum absolute atomic E-state index is 0.0177. The lowest BCUT2D eigenvalue weighted by atomic mass is 9.50. The summed E-state index contributed by atoms with van der Waals surface area (Å²) in [6.07, 6.45) is -4.66. The highest BCUT2D eigenvalue weighted by atomic mass is 19.4. The predicted octanol–water partition coefficient (Wildman–Crippen LogP) is 3.43. The number of rotatable bonds is 7. The van der Waals surface area contributed by atoms with Crippen molar-refractivity contribution < 1.29 is 41.0 Å². The zero-order valence-electron chi connectivity index (χ0n) is 18.9. The molecule has 1 amide bonds. The maximum Gasteiger partial charge on any atom is 0.522 e. The molecule has 0 unspecified atom stereocenters. The summed E-state index contributed by atoms with van der Waals surface area (Å²) < 4.78 is 81.7. The number of nitrogens with zero attached hydrogens (tertiary/aromatic N) is 4. The van der Waals surface area contributed by atoms with E-state index in [0.717, 1.165) is 36.1 Å². The first-order valence-electron chi connectivity index (χ1n) is 11.4. The number of alkyl carbamates (subject to hydrolysis) is 1. The lowest BCUT2D eigenvalue weighted by Gasteiger charge is -2.61. The molecule has 3 saturated carbocycles. The highest BCUT2D eigenvalue weighted by Gasteiger charge is 2.58. The summed E-state index contributed by atoms with van der Waals surface area (Å²) in [7, 11) is 0. The van der Waals surface area contributed by atoms with Gasteiger partial charge >= 0.3 is 12.5 Å². The molecule has 37 heavy (non-hydrogen) atoms. The number of ether oxygens (including phenoxy) is 3. The minimum atomic E-state index is -4.87. The number of H-pyrrole nitrogens is 1. The molecule has 4 aliphatic rings. The van der Waals surface area contributed by atoms with E-state index in [2.05, 4.69) is 35.5 Å². The molecule has 7 rings (SSSR count). The Morgan fingerprint density at radius 2 is 2.11 bits per heavy atom. The molecule has 2 bridgehead atoms. The second kappa shape index (κ2) is 8.51. The van der Waals surface area contributed by atoms with Crippen LogP contribution in [0.25, 0.3) is 5.65 Å². The van der Waals surface area contributed by atoms with Gasteiger partial charge in [0.05, 0.1) is 30.8 Å². The Hall–Kier alpha value is -3.53. The van der Waals surface area contributed by atoms with Gasteiger partial charge in [-0.05, 0) is 25.2 Å². The van der Waals surface area contributed by atoms with Gasteiger partial charge in [-0.25, -0.2) is 23.5 Å². The third-order valence-electron chi connectivity index (χ3n) is 6.77. The van der Waals surface area contributed by atoms with E-state index < -0.39 is 43.3 Å². The number of fused-ring (bicyclic) bond motifs is 1. The maximum atomic E-state index is 15.0. The Bertz CT molecular complexity index is 1330. The summed E-state index contributed by atoms with van der Waals surface area (Å²) in [5.74, 6) is -0.0816. The standard InChI is InChI=1S/C21H20F5N7O4/c22-11-5-27-18(33-6-10(28-17(11)33)7-36-21(24,25)26)29-14-1-12(31-32-14)16-15(23)13(8-35-16)37-19(34)30-20-2-9(3-20)4-20/h1,5-6,9,13,15-16H,2-4,7-8H2,(H,30,34)(H2,27,29,31,32)/t9?,13-,15-,16-,20?/m0/s1. The van der Waals surface area contributed by atoms with Crippen LogP contribution < -0.4 is 10.6 Å². The van der Waals surface area contributed by atoms with Crippen molar-refractivity contribution in [3.05, 3.63) is 35.7 Å². The van der Waals surface area contributed by atoms with Crippen LogP contribution in [-0.2, 0) is 20.8 Å². The van der Waals surface area contributed by atoms with E-state index in [1.807, 2.05) is 0 Å². The molecule has 3 aliphatic carbocycles. The van der Waals surface area contributed by atoms with Gasteiger partial charge < -0.3 is 20.1 Å². The number of halogens is 5. The SMILES string of the molecule is O=C(NC12CC(C1)C2)O[C@H]1CO[C@@H](c2cc(Nc3ncc(F)c4nc(COC(F)(F)F)cn34)n[nH]2)[C@H]1F. The molecule has 11 nitrogen and oxygen atoms in total. The number of hydrogen-bond donors (Lipinski definition) is 3. The minimum Gasteiger partial charge on any atom is -0.441 e. The van der Waals surface area contributed by atoms with Crippen LogP contribution in [0.15, 0.2) is 18.5 Å². The summed E-state index contributed by atoms with van der Waals surface area (Å²) >= 11 is 0. The molecule has 3 aromatic rings. The number of imidazole rings is 1. The number of amides is 1. The molecule has 1 saturated heterocycles. The van der Waals surface area contributed by atoms with Crippen molar-refractivity contribution in [1.82, 2.24) is 29.9 Å². The van der Waals surface area contributed by atoms with E-state index in [4.69, 9.17) is 9.47 Å². The van der Waals surface area contributed by atoms with Crippen LogP contribution in [0.4, 0.5) is 38.5 Å². The molecule has 0 radical (unpaired) electrons. The molecule has 198 valence electrons. The summed E-state index contributed by atoms with van der Waals surface area (Å²) in [5.41, 5.74) is -0.422. The quantitative estimate of drug-likeness (QED) is 0.398. The van der Waals surface area contributed by atoms with E-state index in [1.165, 1.54) is 6.07 Å². The lowest BCUT2D eigenvalue weighted by Crippen LogP contribution is -2.68. The highest BCUT2D eigenvalue weighted by Crippen LogP contribution is 2.57. The van der Waals surface area contributed by atoms with Crippen molar-refractivity contribution in [2.75, 3.05) is 11.9 Å². The van der Waals surface area contributed by atoms with Gasteiger partial charge in [0.2, 0.25) is 5.95 Å². The van der Waals surface area contributed by atoms with E-state index >= 15 is 4.39 Å². The molecule has 3 N–H and O–H groups in total. The third-order valence-corrected chi connectivity index (χ3v) is 6.77. The van der Waals surface area contributed by atoms with Crippen LogP contribution in [0.1, 0.15) is 36.8 Å². The average molecular weight is 529 g/mol. The van der Waals surface area contributed by atoms with Crippen molar-refractivity contribution in [1.29, 1.82) is 0 Å². The summed E-state index contributed by atoms with van der Waals surface area (Å²) in [6.45, 7) is -1.06. The summed E-state index contributed by atoms with van der Waals surface area (Å²) in [6, 6.07) is 1.42. The van der Waals surface area contributed by atoms with Crippen molar-refractivity contribution in [2.24, 2.45) is 5.92 Å². The number of aromatic amines is 1. The first kappa shape index (κ1) is 23.8. The van der Waals surface area contributed by atoms with Gasteiger partial charge in [-0.1, -0.05) is 0 Å². The van der Waals surface area contributed by atoms with Crippen LogP contribution >= 0.6 is 0 Å². The number of carbonyl (C=O) groups excluding carboxylic acids is 1. The molecule has 0 aromatic carbocycles. The van der Waals surface area contributed by atoms with Crippen LogP contribution in [0.2, 0.25) is 0 Å². The summed E-state index contributed by atoms with van der Waals surface area (Å²) in [4.78, 5) is 19.8. The molecule has 1 aliphatic heterocycles. The topological polar surface area (TPSA) is 128 Å². The number of aromatic nitrogens is 5. The van der Waals surface area contributed by atoms with Crippen LogP contribution in [0.5, 0.6) is 0 Å². The second-order valence-corrected chi connectivity index (χ2v) is 9.45. The molecule has 4 heterocycles. The zero-order chi connectivity index (χ0) is 25.9. The van der Waals surface area contributed by atoms with Gasteiger partial charge in [-0.3, -0.25) is 14.2 Å². The largest absolute Gasteiger partial charge is 0.522 e. The molecular formula is C21H20F5N7O4. The first-order valence-corrected chi connectivity index (χ1v) is 11.4. The predicted molar refractivity (Wildman–Crippen MR) is 113 cm³/mol. The molecule has 3 atom stereocenters. The number of nitrogens with one attached hydrogen (secondary N) is 3. The maximum absolute atomic E-state index is 15.0. The summed E-state index contributed by atoms with van der Waals surface area (Å²) in [5, 5.41) is 12.2. The Labute approximate surface area is 204 Å². The van der Waals surface area contributed by atoms with Gasteiger partial charge in [0, 0.05) is 17.8 Å². The van der Waals surface area contributed by atoms with Crippen LogP contribution in [-0.4, -0.2) is 61.4 Å². The van der Waals surface area contributed by atoms with Crippen molar-refractivity contribution in [3.63, 3.8) is 0 Å². The normalized spacial score (nSPS) is 28.6. The highest BCUT2D eigenvalue weighted by molar-refractivity contribution is 5.69. The monoisotopic (exact) mass is 529 g/mol. The van der Waals surface area contributed by atoms with Gasteiger partial charge in [-0.2, -0.15) is 5.10 Å². The number of carbonyl (C=O) groups is 1. The number of hydrogen-bond acceptors (Lipinski definition) is 8. The first-order chi connectivity index (χ1) is 17.6. The van der Waals surface area contributed by atoms with Gasteiger partial charge in [0.1, 0.15) is 6.10 Å². The fourth-order valence-corrected chi connectivity index (χ4v) is 4.93. The number of alkyl halides is 4. The lowest BCUT2D eigenvalue weighted by molar-refractivity contribution is -0.330. The van der Waals surface area contributed by atoms with E-state index in [0.29, 0.717) is 5.92 Å². The Morgan fingerprint density at radius 3 is 2.81 bits per heavy atom. The van der Waals surface area contributed by atoms with Gasteiger partial charge in [0.15, 0.2) is 29.6 Å². The van der Waals surface area contributed by atoms with E-state index in [-0.39, 0.29) is 40.9 Å². The van der Waals surface area contributed by atoms with E-state index in [1.54, 1.807) is 0 Å². The molecule has 4 fully saturated rings. The Balaban J connectivity index is 1.11. The Morgan fingerprint density at radius 1 is 1.32 bits per heavy atom. The van der Waals surface area contributed by atoms with Crippen molar-refractivity contribution >= 4 is 23.5 Å². The Kier molecular flexibility index (Phi) is 5.48. The smallest absolute Gasteiger partial charge is 0.441 e. The third kappa shape index (κ3) is 4.54. The van der Waals surface area contributed by atoms with E-state index in [9.17, 15) is 22.4 Å². The van der Waals surface area contributed by atoms with Gasteiger partial charge in [-0.15, -0.1) is 13.2 Å².